The van der Waals surface area contributed by atoms with Gasteiger partial charge in [0.15, 0.2) is 0 Å². The molecule has 0 aliphatic carbocycles. The van der Waals surface area contributed by atoms with Crippen molar-refractivity contribution in [2.75, 3.05) is 12.4 Å². The number of H-pyrrole nitrogens is 1. The number of ether oxygens (including phenoxy) is 1. The molecule has 0 radical (unpaired) electrons. The van der Waals surface area contributed by atoms with Crippen LogP contribution in [0.25, 0.3) is 22.2 Å². The Bertz CT molecular complexity index is 779. The molecule has 0 saturated heterocycles. The minimum atomic E-state index is -0.188. The lowest BCUT2D eigenvalue weighted by molar-refractivity contribution is 0.131. The van der Waals surface area contributed by atoms with Crippen LogP contribution in [-0.4, -0.2) is 17.6 Å². The van der Waals surface area contributed by atoms with Crippen LogP contribution in [-0.2, 0) is 0 Å². The third-order valence-electron chi connectivity index (χ3n) is 3.50. The smallest absolute Gasteiger partial charge is 0.122 e. The SMILES string of the molecule is CNc1ccc(-c2cc3ccc(OC(C)(C)C)cc3[nH]2)cc1. The highest BCUT2D eigenvalue weighted by molar-refractivity contribution is 5.87. The van der Waals surface area contributed by atoms with Crippen LogP contribution < -0.4 is 10.1 Å². The second-order valence-electron chi connectivity index (χ2n) is 6.47. The highest BCUT2D eigenvalue weighted by Crippen LogP contribution is 2.28. The summed E-state index contributed by atoms with van der Waals surface area (Å²) in [6, 6.07) is 16.7. The summed E-state index contributed by atoms with van der Waals surface area (Å²) >= 11 is 0. The van der Waals surface area contributed by atoms with E-state index >= 15 is 0 Å². The van der Waals surface area contributed by atoms with Gasteiger partial charge in [-0.05, 0) is 56.7 Å². The van der Waals surface area contributed by atoms with Crippen molar-refractivity contribution in [3.05, 3.63) is 48.5 Å². The number of aromatic amines is 1. The highest BCUT2D eigenvalue weighted by atomic mass is 16.5. The molecule has 0 aliphatic heterocycles. The Hall–Kier alpha value is -2.42. The van der Waals surface area contributed by atoms with Gasteiger partial charge in [-0.3, -0.25) is 0 Å². The summed E-state index contributed by atoms with van der Waals surface area (Å²) in [4.78, 5) is 3.48. The van der Waals surface area contributed by atoms with Crippen LogP contribution in [0.4, 0.5) is 5.69 Å². The zero-order valence-corrected chi connectivity index (χ0v) is 13.5. The van der Waals surface area contributed by atoms with Crippen molar-refractivity contribution in [1.29, 1.82) is 0 Å². The van der Waals surface area contributed by atoms with E-state index in [1.165, 1.54) is 10.9 Å². The molecule has 2 N–H and O–H groups in total. The number of anilines is 1. The molecule has 0 amide bonds. The maximum Gasteiger partial charge on any atom is 0.122 e. The molecule has 2 aromatic carbocycles. The third kappa shape index (κ3) is 3.08. The van der Waals surface area contributed by atoms with E-state index in [4.69, 9.17) is 4.74 Å². The van der Waals surface area contributed by atoms with Crippen molar-refractivity contribution in [1.82, 2.24) is 4.98 Å². The van der Waals surface area contributed by atoms with Gasteiger partial charge in [-0.25, -0.2) is 0 Å². The Kier molecular flexibility index (Phi) is 3.57. The number of aromatic nitrogens is 1. The van der Waals surface area contributed by atoms with Crippen LogP contribution in [0.1, 0.15) is 20.8 Å². The fourth-order valence-corrected chi connectivity index (χ4v) is 2.50. The number of nitrogens with one attached hydrogen (secondary N) is 2. The first-order chi connectivity index (χ1) is 10.4. The van der Waals surface area contributed by atoms with Crippen LogP contribution >= 0.6 is 0 Å². The molecule has 0 atom stereocenters. The topological polar surface area (TPSA) is 37.0 Å². The fourth-order valence-electron chi connectivity index (χ4n) is 2.50. The predicted octanol–water partition coefficient (Wildman–Crippen LogP) is 5.05. The molecule has 0 saturated carbocycles. The first-order valence-corrected chi connectivity index (χ1v) is 7.54. The van der Waals surface area contributed by atoms with E-state index in [9.17, 15) is 0 Å². The summed E-state index contributed by atoms with van der Waals surface area (Å²) in [5, 5.41) is 4.32. The van der Waals surface area contributed by atoms with E-state index < -0.39 is 0 Å². The normalized spacial score (nSPS) is 11.6. The van der Waals surface area contributed by atoms with E-state index in [-0.39, 0.29) is 5.60 Å². The molecule has 0 bridgehead atoms. The molecule has 0 spiro atoms. The number of rotatable bonds is 3. The largest absolute Gasteiger partial charge is 0.488 e. The Morgan fingerprint density at radius 1 is 0.955 bits per heavy atom. The van der Waals surface area contributed by atoms with E-state index in [0.717, 1.165) is 22.6 Å². The first kappa shape index (κ1) is 14.5. The lowest BCUT2D eigenvalue weighted by Gasteiger charge is -2.21. The third-order valence-corrected chi connectivity index (χ3v) is 3.50. The summed E-state index contributed by atoms with van der Waals surface area (Å²) in [5.41, 5.74) is 4.31. The van der Waals surface area contributed by atoms with Gasteiger partial charge in [0.2, 0.25) is 0 Å². The van der Waals surface area contributed by atoms with Crippen molar-refractivity contribution >= 4 is 16.6 Å². The van der Waals surface area contributed by atoms with Crippen molar-refractivity contribution in [2.24, 2.45) is 0 Å². The summed E-state index contributed by atoms with van der Waals surface area (Å²) in [6.07, 6.45) is 0. The standard InChI is InChI=1S/C19H22N2O/c1-19(2,3)22-16-10-7-14-11-17(21-18(14)12-16)13-5-8-15(20-4)9-6-13/h5-12,20-21H,1-4H3. The summed E-state index contributed by atoms with van der Waals surface area (Å²) in [7, 11) is 1.93. The summed E-state index contributed by atoms with van der Waals surface area (Å²) in [5.74, 6) is 0.888. The number of hydrogen-bond donors (Lipinski definition) is 2. The second kappa shape index (κ2) is 5.41. The van der Waals surface area contributed by atoms with E-state index in [1.807, 2.05) is 13.1 Å². The predicted molar refractivity (Wildman–Crippen MR) is 93.7 cm³/mol. The van der Waals surface area contributed by atoms with Crippen LogP contribution in [0.5, 0.6) is 5.75 Å². The van der Waals surface area contributed by atoms with Gasteiger partial charge in [0.25, 0.3) is 0 Å². The van der Waals surface area contributed by atoms with Crippen molar-refractivity contribution in [3.8, 4) is 17.0 Å². The molecule has 3 aromatic rings. The second-order valence-corrected chi connectivity index (χ2v) is 6.47. The molecular weight excluding hydrogens is 272 g/mol. The molecule has 3 rings (SSSR count). The van der Waals surface area contributed by atoms with Crippen LogP contribution in [0.2, 0.25) is 0 Å². The van der Waals surface area contributed by atoms with Crippen molar-refractivity contribution in [2.45, 2.75) is 26.4 Å². The number of benzene rings is 2. The van der Waals surface area contributed by atoms with Crippen LogP contribution in [0.3, 0.4) is 0 Å². The molecule has 0 fully saturated rings. The van der Waals surface area contributed by atoms with Gasteiger partial charge in [-0.1, -0.05) is 12.1 Å². The average Bonchev–Trinajstić information content (AvgIpc) is 2.89. The Labute approximate surface area is 131 Å². The summed E-state index contributed by atoms with van der Waals surface area (Å²) < 4.78 is 5.93. The molecule has 1 heterocycles. The van der Waals surface area contributed by atoms with Crippen LogP contribution in [0, 0.1) is 0 Å². The van der Waals surface area contributed by atoms with Crippen molar-refractivity contribution in [3.63, 3.8) is 0 Å². The van der Waals surface area contributed by atoms with Gasteiger partial charge >= 0.3 is 0 Å². The van der Waals surface area contributed by atoms with E-state index in [1.54, 1.807) is 0 Å². The molecular formula is C19H22N2O. The van der Waals surface area contributed by atoms with Gasteiger partial charge in [-0.2, -0.15) is 0 Å². The van der Waals surface area contributed by atoms with Gasteiger partial charge in [0.1, 0.15) is 11.4 Å². The molecule has 3 nitrogen and oxygen atoms in total. The van der Waals surface area contributed by atoms with Gasteiger partial charge in [0.05, 0.1) is 0 Å². The maximum absolute atomic E-state index is 5.93. The Balaban J connectivity index is 1.95. The lowest BCUT2D eigenvalue weighted by atomic mass is 10.1. The molecule has 1 aromatic heterocycles. The summed E-state index contributed by atoms with van der Waals surface area (Å²) in [6.45, 7) is 6.17. The molecule has 114 valence electrons. The Morgan fingerprint density at radius 2 is 1.68 bits per heavy atom. The molecule has 3 heteroatoms. The Morgan fingerprint density at radius 3 is 2.32 bits per heavy atom. The number of fused-ring (bicyclic) bond motifs is 1. The lowest BCUT2D eigenvalue weighted by Crippen LogP contribution is -2.22. The molecule has 0 unspecified atom stereocenters. The highest BCUT2D eigenvalue weighted by Gasteiger charge is 2.12. The van der Waals surface area contributed by atoms with Crippen molar-refractivity contribution < 1.29 is 4.74 Å². The molecule has 0 aliphatic rings. The van der Waals surface area contributed by atoms with Gasteiger partial charge in [-0.15, -0.1) is 0 Å². The fraction of sp³-hybridized carbons (Fsp3) is 0.263. The zero-order chi connectivity index (χ0) is 15.7. The van der Waals surface area contributed by atoms with Crippen LogP contribution in [0.15, 0.2) is 48.5 Å². The molecule has 22 heavy (non-hydrogen) atoms. The quantitative estimate of drug-likeness (QED) is 0.709. The van der Waals surface area contributed by atoms with Gasteiger partial charge in [0, 0.05) is 35.4 Å². The van der Waals surface area contributed by atoms with E-state index in [2.05, 4.69) is 73.5 Å². The first-order valence-electron chi connectivity index (χ1n) is 7.54. The minimum Gasteiger partial charge on any atom is -0.488 e. The van der Waals surface area contributed by atoms with Gasteiger partial charge < -0.3 is 15.0 Å². The minimum absolute atomic E-state index is 0.188. The number of hydrogen-bond acceptors (Lipinski definition) is 2. The van der Waals surface area contributed by atoms with E-state index in [0.29, 0.717) is 0 Å². The zero-order valence-electron chi connectivity index (χ0n) is 13.5. The monoisotopic (exact) mass is 294 g/mol. The average molecular weight is 294 g/mol. The maximum atomic E-state index is 5.93.